The van der Waals surface area contributed by atoms with Crippen LogP contribution in [0.2, 0.25) is 5.02 Å². The number of nitrogens with zero attached hydrogens (tertiary/aromatic N) is 1. The van der Waals surface area contributed by atoms with Gasteiger partial charge in [0.1, 0.15) is 0 Å². The zero-order valence-electron chi connectivity index (χ0n) is 8.21. The summed E-state index contributed by atoms with van der Waals surface area (Å²) in [4.78, 5) is 15.3. The van der Waals surface area contributed by atoms with Gasteiger partial charge in [-0.15, -0.1) is 0 Å². The monoisotopic (exact) mass is 213 g/mol. The molecule has 0 saturated carbocycles. The standard InChI is InChI=1S/C10H12ClNO2/c1-3-14-10(13)6-9-8(11)5-4-7(2)12-9/h4-5H,3,6H2,1-2H3. The summed E-state index contributed by atoms with van der Waals surface area (Å²) in [5.41, 5.74) is 1.42. The minimum atomic E-state index is -0.299. The molecule has 0 amide bonds. The van der Waals surface area contributed by atoms with Crippen LogP contribution >= 0.6 is 11.6 Å². The van der Waals surface area contributed by atoms with Crippen LogP contribution in [0.25, 0.3) is 0 Å². The number of hydrogen-bond donors (Lipinski definition) is 0. The largest absolute Gasteiger partial charge is 0.466 e. The van der Waals surface area contributed by atoms with Gasteiger partial charge in [0.15, 0.2) is 0 Å². The minimum Gasteiger partial charge on any atom is -0.466 e. The molecule has 0 unspecified atom stereocenters. The van der Waals surface area contributed by atoms with E-state index < -0.39 is 0 Å². The molecule has 0 aromatic carbocycles. The van der Waals surface area contributed by atoms with Gasteiger partial charge in [-0.3, -0.25) is 9.78 Å². The second kappa shape index (κ2) is 4.96. The van der Waals surface area contributed by atoms with E-state index in [-0.39, 0.29) is 12.4 Å². The fraction of sp³-hybridized carbons (Fsp3) is 0.400. The summed E-state index contributed by atoms with van der Waals surface area (Å²) in [6.07, 6.45) is 0.133. The van der Waals surface area contributed by atoms with Crippen LogP contribution in [-0.4, -0.2) is 17.6 Å². The summed E-state index contributed by atoms with van der Waals surface area (Å²) in [5, 5.41) is 0.503. The zero-order chi connectivity index (χ0) is 10.6. The van der Waals surface area contributed by atoms with Gasteiger partial charge in [-0.2, -0.15) is 0 Å². The number of halogens is 1. The highest BCUT2D eigenvalue weighted by atomic mass is 35.5. The number of pyridine rings is 1. The molecule has 1 rings (SSSR count). The summed E-state index contributed by atoms with van der Waals surface area (Å²) in [6.45, 7) is 4.00. The average Bonchev–Trinajstić information content (AvgIpc) is 2.12. The van der Waals surface area contributed by atoms with Crippen molar-refractivity contribution in [3.63, 3.8) is 0 Å². The van der Waals surface area contributed by atoms with Gasteiger partial charge in [-0.1, -0.05) is 11.6 Å². The highest BCUT2D eigenvalue weighted by molar-refractivity contribution is 6.31. The van der Waals surface area contributed by atoms with Gasteiger partial charge in [0, 0.05) is 5.69 Å². The SMILES string of the molecule is CCOC(=O)Cc1nc(C)ccc1Cl. The fourth-order valence-corrected chi connectivity index (χ4v) is 1.24. The fourth-order valence-electron chi connectivity index (χ4n) is 1.07. The molecule has 0 saturated heterocycles. The molecule has 0 aliphatic rings. The number of rotatable bonds is 3. The van der Waals surface area contributed by atoms with Crippen LogP contribution in [0.4, 0.5) is 0 Å². The Hall–Kier alpha value is -1.09. The van der Waals surface area contributed by atoms with Crippen LogP contribution in [0.1, 0.15) is 18.3 Å². The van der Waals surface area contributed by atoms with Gasteiger partial charge < -0.3 is 4.74 Å². The average molecular weight is 214 g/mol. The Balaban J connectivity index is 2.75. The van der Waals surface area contributed by atoms with Crippen molar-refractivity contribution in [3.05, 3.63) is 28.5 Å². The van der Waals surface area contributed by atoms with Crippen molar-refractivity contribution in [2.24, 2.45) is 0 Å². The van der Waals surface area contributed by atoms with Crippen LogP contribution in [0.5, 0.6) is 0 Å². The summed E-state index contributed by atoms with van der Waals surface area (Å²) >= 11 is 5.87. The normalized spacial score (nSPS) is 9.93. The molecule has 4 heteroatoms. The van der Waals surface area contributed by atoms with Gasteiger partial charge in [-0.05, 0) is 26.0 Å². The molecule has 0 bridgehead atoms. The summed E-state index contributed by atoms with van der Waals surface area (Å²) < 4.78 is 4.80. The van der Waals surface area contributed by atoms with Crippen LogP contribution in [-0.2, 0) is 16.0 Å². The van der Waals surface area contributed by atoms with Gasteiger partial charge in [0.25, 0.3) is 0 Å². The van der Waals surface area contributed by atoms with Crippen molar-refractivity contribution in [3.8, 4) is 0 Å². The van der Waals surface area contributed by atoms with Crippen LogP contribution in [0.3, 0.4) is 0 Å². The van der Waals surface area contributed by atoms with E-state index in [9.17, 15) is 4.79 Å². The number of aromatic nitrogens is 1. The van der Waals surface area contributed by atoms with E-state index >= 15 is 0 Å². The van der Waals surface area contributed by atoms with Crippen LogP contribution in [0, 0.1) is 6.92 Å². The number of aryl methyl sites for hydroxylation is 1. The van der Waals surface area contributed by atoms with Gasteiger partial charge >= 0.3 is 5.97 Å². The maximum Gasteiger partial charge on any atom is 0.311 e. The number of carbonyl (C=O) groups is 1. The summed E-state index contributed by atoms with van der Waals surface area (Å²) in [5.74, 6) is -0.299. The predicted molar refractivity (Wildman–Crippen MR) is 54.3 cm³/mol. The Morgan fingerprint density at radius 3 is 2.93 bits per heavy atom. The number of carbonyl (C=O) groups excluding carboxylic acids is 1. The Morgan fingerprint density at radius 1 is 1.57 bits per heavy atom. The van der Waals surface area contributed by atoms with Crippen molar-refractivity contribution in [1.29, 1.82) is 0 Å². The number of hydrogen-bond acceptors (Lipinski definition) is 3. The van der Waals surface area contributed by atoms with Gasteiger partial charge in [-0.25, -0.2) is 0 Å². The van der Waals surface area contributed by atoms with E-state index in [4.69, 9.17) is 16.3 Å². The lowest BCUT2D eigenvalue weighted by atomic mass is 10.2. The highest BCUT2D eigenvalue weighted by Crippen LogP contribution is 2.14. The molecule has 1 heterocycles. The number of esters is 1. The van der Waals surface area contributed by atoms with Crippen molar-refractivity contribution >= 4 is 17.6 Å². The van der Waals surface area contributed by atoms with Crippen molar-refractivity contribution < 1.29 is 9.53 Å². The van der Waals surface area contributed by atoms with E-state index in [2.05, 4.69) is 4.98 Å². The molecule has 14 heavy (non-hydrogen) atoms. The highest BCUT2D eigenvalue weighted by Gasteiger charge is 2.09. The molecular formula is C10H12ClNO2. The molecule has 0 N–H and O–H groups in total. The first kappa shape index (κ1) is 11.0. The van der Waals surface area contributed by atoms with Crippen LogP contribution in [0.15, 0.2) is 12.1 Å². The van der Waals surface area contributed by atoms with E-state index in [1.54, 1.807) is 19.1 Å². The predicted octanol–water partition coefficient (Wildman–Crippen LogP) is 2.15. The zero-order valence-corrected chi connectivity index (χ0v) is 8.97. The lowest BCUT2D eigenvalue weighted by molar-refractivity contribution is -0.142. The smallest absolute Gasteiger partial charge is 0.311 e. The maximum atomic E-state index is 11.2. The van der Waals surface area contributed by atoms with Crippen molar-refractivity contribution in [2.45, 2.75) is 20.3 Å². The number of ether oxygens (including phenoxy) is 1. The third kappa shape index (κ3) is 3.00. The molecule has 0 radical (unpaired) electrons. The van der Waals surface area contributed by atoms with Crippen molar-refractivity contribution in [2.75, 3.05) is 6.61 Å². The first-order valence-corrected chi connectivity index (χ1v) is 4.79. The van der Waals surface area contributed by atoms with Gasteiger partial charge in [0.2, 0.25) is 0 Å². The molecule has 76 valence electrons. The maximum absolute atomic E-state index is 11.2. The summed E-state index contributed by atoms with van der Waals surface area (Å²) in [7, 11) is 0. The second-order valence-electron chi connectivity index (χ2n) is 2.86. The Kier molecular flexibility index (Phi) is 3.89. The van der Waals surface area contributed by atoms with Crippen molar-refractivity contribution in [1.82, 2.24) is 4.98 Å². The van der Waals surface area contributed by atoms with E-state index in [1.807, 2.05) is 6.92 Å². The molecule has 0 aliphatic carbocycles. The molecule has 3 nitrogen and oxygen atoms in total. The van der Waals surface area contributed by atoms with E-state index in [0.29, 0.717) is 17.3 Å². The first-order valence-electron chi connectivity index (χ1n) is 4.41. The molecule has 0 spiro atoms. The molecule has 1 aromatic heterocycles. The first-order chi connectivity index (χ1) is 6.63. The molecule has 1 aromatic rings. The molecule has 0 aliphatic heterocycles. The molecule has 0 fully saturated rings. The Morgan fingerprint density at radius 2 is 2.29 bits per heavy atom. The molecule has 0 atom stereocenters. The lowest BCUT2D eigenvalue weighted by Crippen LogP contribution is -2.09. The van der Waals surface area contributed by atoms with E-state index in [1.165, 1.54) is 0 Å². The second-order valence-corrected chi connectivity index (χ2v) is 3.27. The topological polar surface area (TPSA) is 39.2 Å². The quantitative estimate of drug-likeness (QED) is 0.723. The lowest BCUT2D eigenvalue weighted by Gasteiger charge is -2.04. The van der Waals surface area contributed by atoms with Gasteiger partial charge in [0.05, 0.1) is 23.7 Å². The summed E-state index contributed by atoms with van der Waals surface area (Å²) in [6, 6.07) is 3.54. The van der Waals surface area contributed by atoms with Crippen LogP contribution < -0.4 is 0 Å². The van der Waals surface area contributed by atoms with E-state index in [0.717, 1.165) is 5.69 Å². The minimum absolute atomic E-state index is 0.133. The molecular weight excluding hydrogens is 202 g/mol. The third-order valence-electron chi connectivity index (χ3n) is 1.67. The Labute approximate surface area is 88.1 Å². The third-order valence-corrected chi connectivity index (χ3v) is 2.02. The Bertz CT molecular complexity index is 339.